The van der Waals surface area contributed by atoms with Crippen LogP contribution >= 0.6 is 12.6 Å². The number of nitrogens with zero attached hydrogens (tertiary/aromatic N) is 1. The molecule has 2 nitrogen and oxygen atoms in total. The molecule has 0 radical (unpaired) electrons. The Morgan fingerprint density at radius 1 is 0.864 bits per heavy atom. The standard InChI is InChI=1S/C19H15NOS/c21-19(13-22)17-11-15(14-6-2-1-3-7-14)10-16(12-17)18-8-4-5-9-20-18/h1-12,22H,13H2. The van der Waals surface area contributed by atoms with Crippen molar-refractivity contribution in [3.63, 3.8) is 0 Å². The Morgan fingerprint density at radius 2 is 1.59 bits per heavy atom. The van der Waals surface area contributed by atoms with Crippen molar-refractivity contribution in [3.8, 4) is 22.4 Å². The zero-order valence-corrected chi connectivity index (χ0v) is 12.8. The topological polar surface area (TPSA) is 30.0 Å². The molecule has 0 saturated heterocycles. The summed E-state index contributed by atoms with van der Waals surface area (Å²) in [7, 11) is 0. The monoisotopic (exact) mass is 305 g/mol. The number of Topliss-reactive ketones (excluding diaryl/α,β-unsaturated/α-hetero) is 1. The maximum absolute atomic E-state index is 12.1. The third-order valence-electron chi connectivity index (χ3n) is 3.47. The van der Waals surface area contributed by atoms with Gasteiger partial charge in [-0.1, -0.05) is 36.4 Å². The Balaban J connectivity index is 2.17. The molecule has 2 aromatic carbocycles. The van der Waals surface area contributed by atoms with E-state index in [1.807, 2.05) is 60.7 Å². The van der Waals surface area contributed by atoms with Crippen molar-refractivity contribution in [1.29, 1.82) is 0 Å². The number of hydrogen-bond donors (Lipinski definition) is 1. The maximum Gasteiger partial charge on any atom is 0.172 e. The van der Waals surface area contributed by atoms with Gasteiger partial charge in [-0.15, -0.1) is 0 Å². The average molecular weight is 305 g/mol. The molecule has 0 aliphatic rings. The normalized spacial score (nSPS) is 10.4. The van der Waals surface area contributed by atoms with E-state index < -0.39 is 0 Å². The summed E-state index contributed by atoms with van der Waals surface area (Å²) < 4.78 is 0. The van der Waals surface area contributed by atoms with Crippen LogP contribution in [0.2, 0.25) is 0 Å². The van der Waals surface area contributed by atoms with E-state index in [2.05, 4.69) is 23.7 Å². The minimum Gasteiger partial charge on any atom is -0.293 e. The smallest absolute Gasteiger partial charge is 0.172 e. The van der Waals surface area contributed by atoms with E-state index in [4.69, 9.17) is 0 Å². The van der Waals surface area contributed by atoms with Gasteiger partial charge in [-0.05, 0) is 41.5 Å². The van der Waals surface area contributed by atoms with Crippen molar-refractivity contribution in [2.24, 2.45) is 0 Å². The van der Waals surface area contributed by atoms with Crippen LogP contribution in [0.15, 0.2) is 72.9 Å². The van der Waals surface area contributed by atoms with Gasteiger partial charge in [0.25, 0.3) is 0 Å². The van der Waals surface area contributed by atoms with Crippen molar-refractivity contribution in [2.75, 3.05) is 5.75 Å². The van der Waals surface area contributed by atoms with Crippen LogP contribution in [-0.4, -0.2) is 16.5 Å². The first kappa shape index (κ1) is 14.5. The Kier molecular flexibility index (Phi) is 4.35. The second-order valence-corrected chi connectivity index (χ2v) is 5.28. The fourth-order valence-corrected chi connectivity index (χ4v) is 2.54. The first-order chi connectivity index (χ1) is 10.8. The van der Waals surface area contributed by atoms with E-state index in [0.717, 1.165) is 22.4 Å². The minimum atomic E-state index is 0.0123. The lowest BCUT2D eigenvalue weighted by atomic mass is 9.97. The van der Waals surface area contributed by atoms with Crippen molar-refractivity contribution in [3.05, 3.63) is 78.5 Å². The molecular formula is C19H15NOS. The summed E-state index contributed by atoms with van der Waals surface area (Å²) in [5.41, 5.74) is 4.54. The molecule has 0 fully saturated rings. The van der Waals surface area contributed by atoms with Crippen LogP contribution in [0.4, 0.5) is 0 Å². The van der Waals surface area contributed by atoms with Gasteiger partial charge in [0.2, 0.25) is 0 Å². The van der Waals surface area contributed by atoms with Crippen LogP contribution < -0.4 is 0 Å². The molecule has 1 aromatic heterocycles. The van der Waals surface area contributed by atoms with E-state index in [1.165, 1.54) is 0 Å². The highest BCUT2D eigenvalue weighted by Crippen LogP contribution is 2.27. The van der Waals surface area contributed by atoms with Gasteiger partial charge in [-0.25, -0.2) is 0 Å². The minimum absolute atomic E-state index is 0.0123. The number of pyridine rings is 1. The number of aromatic nitrogens is 1. The van der Waals surface area contributed by atoms with Gasteiger partial charge in [-0.2, -0.15) is 12.6 Å². The molecule has 0 bridgehead atoms. The number of benzene rings is 2. The van der Waals surface area contributed by atoms with Crippen LogP contribution in [0.1, 0.15) is 10.4 Å². The van der Waals surface area contributed by atoms with E-state index in [0.29, 0.717) is 5.56 Å². The molecule has 0 N–H and O–H groups in total. The van der Waals surface area contributed by atoms with Gasteiger partial charge in [-0.3, -0.25) is 9.78 Å². The third kappa shape index (κ3) is 3.10. The molecule has 0 aliphatic carbocycles. The second-order valence-electron chi connectivity index (χ2n) is 4.96. The average Bonchev–Trinajstić information content (AvgIpc) is 2.62. The largest absolute Gasteiger partial charge is 0.293 e. The lowest BCUT2D eigenvalue weighted by Crippen LogP contribution is -2.01. The quantitative estimate of drug-likeness (QED) is 0.567. The molecule has 1 heterocycles. The van der Waals surface area contributed by atoms with Crippen molar-refractivity contribution in [1.82, 2.24) is 4.98 Å². The fraction of sp³-hybridized carbons (Fsp3) is 0.0526. The molecule has 3 aromatic rings. The van der Waals surface area contributed by atoms with Crippen LogP contribution in [0.25, 0.3) is 22.4 Å². The first-order valence-electron chi connectivity index (χ1n) is 7.04. The van der Waals surface area contributed by atoms with Crippen molar-refractivity contribution < 1.29 is 4.79 Å². The zero-order chi connectivity index (χ0) is 15.4. The molecule has 0 spiro atoms. The number of carbonyl (C=O) groups is 1. The summed E-state index contributed by atoms with van der Waals surface area (Å²) in [5, 5.41) is 0. The van der Waals surface area contributed by atoms with Crippen LogP contribution in [0.3, 0.4) is 0 Å². The summed E-state index contributed by atoms with van der Waals surface area (Å²) in [6, 6.07) is 21.7. The van der Waals surface area contributed by atoms with Gasteiger partial charge in [0, 0.05) is 17.3 Å². The van der Waals surface area contributed by atoms with Gasteiger partial charge >= 0.3 is 0 Å². The molecule has 108 valence electrons. The predicted molar refractivity (Wildman–Crippen MR) is 93.3 cm³/mol. The van der Waals surface area contributed by atoms with Crippen molar-refractivity contribution >= 4 is 18.4 Å². The number of carbonyl (C=O) groups excluding carboxylic acids is 1. The summed E-state index contributed by atoms with van der Waals surface area (Å²) in [5.74, 6) is 0.207. The van der Waals surface area contributed by atoms with Crippen molar-refractivity contribution in [2.45, 2.75) is 0 Å². The zero-order valence-electron chi connectivity index (χ0n) is 11.9. The number of ketones is 1. The summed E-state index contributed by atoms with van der Waals surface area (Å²) in [6.45, 7) is 0. The van der Waals surface area contributed by atoms with E-state index in [-0.39, 0.29) is 11.5 Å². The molecule has 0 atom stereocenters. The number of hydrogen-bond acceptors (Lipinski definition) is 3. The van der Waals surface area contributed by atoms with Gasteiger partial charge in [0.1, 0.15) is 0 Å². The van der Waals surface area contributed by atoms with E-state index in [1.54, 1.807) is 6.20 Å². The molecule has 0 unspecified atom stereocenters. The summed E-state index contributed by atoms with van der Waals surface area (Å²) in [6.07, 6.45) is 1.75. The Hall–Kier alpha value is -2.39. The molecule has 0 aliphatic heterocycles. The van der Waals surface area contributed by atoms with Crippen LogP contribution in [0, 0.1) is 0 Å². The highest BCUT2D eigenvalue weighted by molar-refractivity contribution is 7.81. The fourth-order valence-electron chi connectivity index (χ4n) is 2.36. The molecule has 22 heavy (non-hydrogen) atoms. The van der Waals surface area contributed by atoms with E-state index >= 15 is 0 Å². The summed E-state index contributed by atoms with van der Waals surface area (Å²) in [4.78, 5) is 16.5. The SMILES string of the molecule is O=C(CS)c1cc(-c2ccccc2)cc(-c2ccccn2)c1. The lowest BCUT2D eigenvalue weighted by molar-refractivity contribution is 0.102. The van der Waals surface area contributed by atoms with Gasteiger partial charge in [0.05, 0.1) is 11.4 Å². The Labute approximate surface area is 135 Å². The molecule has 3 heteroatoms. The van der Waals surface area contributed by atoms with Gasteiger partial charge in [0.15, 0.2) is 5.78 Å². The van der Waals surface area contributed by atoms with Crippen LogP contribution in [-0.2, 0) is 0 Å². The third-order valence-corrected chi connectivity index (χ3v) is 3.75. The highest BCUT2D eigenvalue weighted by Gasteiger charge is 2.10. The maximum atomic E-state index is 12.1. The van der Waals surface area contributed by atoms with Gasteiger partial charge < -0.3 is 0 Å². The highest BCUT2D eigenvalue weighted by atomic mass is 32.1. The molecule has 3 rings (SSSR count). The Morgan fingerprint density at radius 3 is 2.27 bits per heavy atom. The second kappa shape index (κ2) is 6.58. The molecule has 0 amide bonds. The van der Waals surface area contributed by atoms with E-state index in [9.17, 15) is 4.79 Å². The number of thiol groups is 1. The number of rotatable bonds is 4. The summed E-state index contributed by atoms with van der Waals surface area (Å²) >= 11 is 4.10. The predicted octanol–water partition coefficient (Wildman–Crippen LogP) is 4.53. The lowest BCUT2D eigenvalue weighted by Gasteiger charge is -2.09. The Bertz CT molecular complexity index is 727. The van der Waals surface area contributed by atoms with Crippen LogP contribution in [0.5, 0.6) is 0 Å². The molecular weight excluding hydrogens is 290 g/mol. The molecule has 0 saturated carbocycles. The first-order valence-corrected chi connectivity index (χ1v) is 7.67.